The van der Waals surface area contributed by atoms with E-state index in [4.69, 9.17) is 0 Å². The zero-order chi connectivity index (χ0) is 14.4. The maximum absolute atomic E-state index is 12.4. The van der Waals surface area contributed by atoms with E-state index in [1.54, 1.807) is 6.20 Å². The Bertz CT molecular complexity index is 814. The number of pyridine rings is 1. The highest BCUT2D eigenvalue weighted by atomic mass is 16.2. The van der Waals surface area contributed by atoms with E-state index < -0.39 is 0 Å². The number of amides is 1. The molecule has 1 aliphatic heterocycles. The second kappa shape index (κ2) is 4.44. The summed E-state index contributed by atoms with van der Waals surface area (Å²) in [6.45, 7) is 1.71. The number of H-pyrrole nitrogens is 1. The smallest absolute Gasteiger partial charge is 0.270 e. The lowest BCUT2D eigenvalue weighted by molar-refractivity contribution is 0.0642. The third kappa shape index (κ3) is 1.83. The lowest BCUT2D eigenvalue weighted by Crippen LogP contribution is -2.42. The van der Waals surface area contributed by atoms with E-state index in [0.717, 1.165) is 41.8 Å². The molecule has 4 rings (SSSR count). The number of fused-ring (bicyclic) bond motifs is 1. The average molecular weight is 281 g/mol. The third-order valence-electron chi connectivity index (χ3n) is 4.03. The summed E-state index contributed by atoms with van der Waals surface area (Å²) in [5.74, 6) is 0.0895. The van der Waals surface area contributed by atoms with Gasteiger partial charge in [-0.25, -0.2) is 4.98 Å². The summed E-state index contributed by atoms with van der Waals surface area (Å²) in [5.41, 5.74) is 3.30. The quantitative estimate of drug-likeness (QED) is 0.779. The topological polar surface area (TPSA) is 66.8 Å². The molecule has 6 nitrogen and oxygen atoms in total. The minimum absolute atomic E-state index is 0.0895. The molecular weight excluding hydrogens is 266 g/mol. The number of hydrogen-bond acceptors (Lipinski definition) is 3. The maximum Gasteiger partial charge on any atom is 0.270 e. The molecule has 4 heterocycles. The zero-order valence-electron chi connectivity index (χ0n) is 11.7. The van der Waals surface area contributed by atoms with Crippen molar-refractivity contribution in [3.63, 3.8) is 0 Å². The first-order chi connectivity index (χ1) is 10.2. The number of aryl methyl sites for hydroxylation is 1. The van der Waals surface area contributed by atoms with Crippen molar-refractivity contribution in [3.8, 4) is 11.3 Å². The van der Waals surface area contributed by atoms with Crippen molar-refractivity contribution in [1.29, 1.82) is 0 Å². The molecule has 106 valence electrons. The number of aromatic amines is 1. The first-order valence-electron chi connectivity index (χ1n) is 6.99. The monoisotopic (exact) mass is 281 g/mol. The van der Waals surface area contributed by atoms with Crippen molar-refractivity contribution >= 4 is 16.9 Å². The molecular formula is C15H15N5O. The Morgan fingerprint density at radius 3 is 2.86 bits per heavy atom. The first-order valence-corrected chi connectivity index (χ1v) is 6.99. The summed E-state index contributed by atoms with van der Waals surface area (Å²) in [6.07, 6.45) is 4.64. The van der Waals surface area contributed by atoms with Crippen LogP contribution in [0.15, 0.2) is 30.6 Å². The summed E-state index contributed by atoms with van der Waals surface area (Å²) in [6, 6.07) is 5.87. The van der Waals surface area contributed by atoms with Crippen LogP contribution < -0.4 is 0 Å². The minimum Gasteiger partial charge on any atom is -0.337 e. The summed E-state index contributed by atoms with van der Waals surface area (Å²) in [4.78, 5) is 18.9. The number of likely N-dealkylation sites (tertiary alicyclic amines) is 1. The number of carbonyl (C=O) groups excluding carboxylic acids is 1. The molecule has 3 aromatic rings. The van der Waals surface area contributed by atoms with E-state index in [-0.39, 0.29) is 5.91 Å². The van der Waals surface area contributed by atoms with Gasteiger partial charge in [0.15, 0.2) is 0 Å². The van der Waals surface area contributed by atoms with Crippen LogP contribution in [0.5, 0.6) is 0 Å². The van der Waals surface area contributed by atoms with E-state index in [0.29, 0.717) is 5.69 Å². The van der Waals surface area contributed by atoms with Gasteiger partial charge < -0.3 is 9.47 Å². The third-order valence-corrected chi connectivity index (χ3v) is 4.03. The van der Waals surface area contributed by atoms with Crippen molar-refractivity contribution in [3.05, 3.63) is 36.3 Å². The maximum atomic E-state index is 12.4. The van der Waals surface area contributed by atoms with Gasteiger partial charge in [0.2, 0.25) is 0 Å². The molecule has 0 spiro atoms. The Morgan fingerprint density at radius 1 is 1.33 bits per heavy atom. The first kappa shape index (κ1) is 12.1. The van der Waals surface area contributed by atoms with E-state index >= 15 is 0 Å². The van der Waals surface area contributed by atoms with Gasteiger partial charge in [0.05, 0.1) is 11.9 Å². The predicted octanol–water partition coefficient (Wildman–Crippen LogP) is 1.81. The molecule has 0 radical (unpaired) electrons. The van der Waals surface area contributed by atoms with Gasteiger partial charge in [0.1, 0.15) is 11.3 Å². The number of nitrogens with one attached hydrogen (secondary N) is 1. The Kier molecular flexibility index (Phi) is 2.57. The van der Waals surface area contributed by atoms with E-state index in [1.807, 2.05) is 40.9 Å². The molecule has 0 aromatic carbocycles. The van der Waals surface area contributed by atoms with Gasteiger partial charge in [-0.15, -0.1) is 0 Å². The summed E-state index contributed by atoms with van der Waals surface area (Å²) in [7, 11) is 1.89. The minimum atomic E-state index is 0.0895. The van der Waals surface area contributed by atoms with Crippen LogP contribution in [0, 0.1) is 0 Å². The van der Waals surface area contributed by atoms with Gasteiger partial charge >= 0.3 is 0 Å². The van der Waals surface area contributed by atoms with Crippen molar-refractivity contribution < 1.29 is 4.79 Å². The fourth-order valence-electron chi connectivity index (χ4n) is 2.64. The standard InChI is InChI=1S/C15H15N5O/c1-19-13(15(21)20-5-2-6-20)7-10-3-4-12(18-14(10)19)11-8-16-17-9-11/h3-4,7-9H,2,5-6H2,1H3,(H,16,17). The molecule has 21 heavy (non-hydrogen) atoms. The van der Waals surface area contributed by atoms with Gasteiger partial charge in [-0.2, -0.15) is 5.10 Å². The predicted molar refractivity (Wildman–Crippen MR) is 78.8 cm³/mol. The molecule has 0 saturated carbocycles. The molecule has 1 amide bonds. The van der Waals surface area contributed by atoms with E-state index in [2.05, 4.69) is 15.2 Å². The van der Waals surface area contributed by atoms with E-state index in [1.165, 1.54) is 0 Å². The molecule has 1 fully saturated rings. The molecule has 1 aliphatic rings. The van der Waals surface area contributed by atoms with Crippen LogP contribution in [0.2, 0.25) is 0 Å². The van der Waals surface area contributed by atoms with Crippen LogP contribution in [0.25, 0.3) is 22.3 Å². The lowest BCUT2D eigenvalue weighted by Gasteiger charge is -2.30. The zero-order valence-corrected chi connectivity index (χ0v) is 11.7. The highest BCUT2D eigenvalue weighted by Crippen LogP contribution is 2.24. The number of nitrogens with zero attached hydrogens (tertiary/aromatic N) is 4. The Balaban J connectivity index is 1.81. The van der Waals surface area contributed by atoms with Crippen LogP contribution >= 0.6 is 0 Å². The molecule has 0 atom stereocenters. The fourth-order valence-corrected chi connectivity index (χ4v) is 2.64. The van der Waals surface area contributed by atoms with Gasteiger partial charge in [0, 0.05) is 37.3 Å². The van der Waals surface area contributed by atoms with Gasteiger partial charge in [-0.3, -0.25) is 9.89 Å². The molecule has 0 unspecified atom stereocenters. The van der Waals surface area contributed by atoms with Crippen LogP contribution in [-0.2, 0) is 7.05 Å². The van der Waals surface area contributed by atoms with Gasteiger partial charge in [-0.05, 0) is 24.6 Å². The summed E-state index contributed by atoms with van der Waals surface area (Å²) >= 11 is 0. The second-order valence-electron chi connectivity index (χ2n) is 5.33. The van der Waals surface area contributed by atoms with Crippen LogP contribution in [0.1, 0.15) is 16.9 Å². The van der Waals surface area contributed by atoms with Crippen molar-refractivity contribution in [2.24, 2.45) is 7.05 Å². The molecule has 3 aromatic heterocycles. The SMILES string of the molecule is Cn1c(C(=O)N2CCC2)cc2ccc(-c3cn[nH]c3)nc21. The number of hydrogen-bond donors (Lipinski definition) is 1. The highest BCUT2D eigenvalue weighted by molar-refractivity contribution is 5.98. The summed E-state index contributed by atoms with van der Waals surface area (Å²) < 4.78 is 1.87. The lowest BCUT2D eigenvalue weighted by atomic mass is 10.2. The number of aromatic nitrogens is 4. The van der Waals surface area contributed by atoms with Crippen LogP contribution in [-0.4, -0.2) is 43.6 Å². The van der Waals surface area contributed by atoms with E-state index in [9.17, 15) is 4.79 Å². The summed E-state index contributed by atoms with van der Waals surface area (Å²) in [5, 5.41) is 7.71. The number of rotatable bonds is 2. The van der Waals surface area contributed by atoms with Crippen LogP contribution in [0.3, 0.4) is 0 Å². The van der Waals surface area contributed by atoms with Gasteiger partial charge in [0.25, 0.3) is 5.91 Å². The van der Waals surface area contributed by atoms with Crippen LogP contribution in [0.4, 0.5) is 0 Å². The second-order valence-corrected chi connectivity index (χ2v) is 5.33. The largest absolute Gasteiger partial charge is 0.337 e. The fraction of sp³-hybridized carbons (Fsp3) is 0.267. The normalized spacial score (nSPS) is 14.4. The highest BCUT2D eigenvalue weighted by Gasteiger charge is 2.24. The molecule has 1 saturated heterocycles. The van der Waals surface area contributed by atoms with Crippen molar-refractivity contribution in [2.45, 2.75) is 6.42 Å². The molecule has 6 heteroatoms. The molecule has 0 bridgehead atoms. The molecule has 0 aliphatic carbocycles. The Hall–Kier alpha value is -2.63. The Morgan fingerprint density at radius 2 is 2.19 bits per heavy atom. The number of carbonyl (C=O) groups is 1. The average Bonchev–Trinajstić information content (AvgIpc) is 3.05. The van der Waals surface area contributed by atoms with Crippen molar-refractivity contribution in [1.82, 2.24) is 24.6 Å². The Labute approximate surface area is 121 Å². The van der Waals surface area contributed by atoms with Gasteiger partial charge in [-0.1, -0.05) is 0 Å². The van der Waals surface area contributed by atoms with Crippen molar-refractivity contribution in [2.75, 3.05) is 13.1 Å². The molecule has 1 N–H and O–H groups in total.